The zero-order chi connectivity index (χ0) is 29.0. The molecule has 0 radical (unpaired) electrons. The fourth-order valence-electron chi connectivity index (χ4n) is 6.64. The maximum absolute atomic E-state index is 5.21. The van der Waals surface area contributed by atoms with E-state index in [1.807, 2.05) is 18.5 Å². The molecule has 0 saturated heterocycles. The topological polar surface area (TPSA) is 38.7 Å². The first-order valence-electron chi connectivity index (χ1n) is 14.9. The first kappa shape index (κ1) is 24.6. The van der Waals surface area contributed by atoms with Gasteiger partial charge in [0, 0.05) is 44.9 Å². The van der Waals surface area contributed by atoms with E-state index in [2.05, 4.69) is 143 Å². The third kappa shape index (κ3) is 3.87. The van der Waals surface area contributed by atoms with Crippen molar-refractivity contribution >= 4 is 54.3 Å². The zero-order valence-electron chi connectivity index (χ0n) is 23.8. The van der Waals surface area contributed by atoms with Crippen molar-refractivity contribution in [2.24, 2.45) is 0 Å². The van der Waals surface area contributed by atoms with Gasteiger partial charge in [-0.15, -0.1) is 0 Å². The summed E-state index contributed by atoms with van der Waals surface area (Å²) in [6, 6.07) is 49.5. The smallest absolute Gasteiger partial charge is 0.0970 e. The van der Waals surface area contributed by atoms with Crippen molar-refractivity contribution < 1.29 is 0 Å². The average molecular weight is 560 g/mol. The molecule has 204 valence electrons. The number of rotatable bonds is 3. The Hall–Kier alpha value is -5.93. The molecule has 0 amide bonds. The Morgan fingerprint density at radius 1 is 0.386 bits per heavy atom. The van der Waals surface area contributed by atoms with Crippen LogP contribution in [0.5, 0.6) is 0 Å². The summed E-state index contributed by atoms with van der Waals surface area (Å²) in [5.41, 5.74) is 9.62. The average Bonchev–Trinajstić information content (AvgIpc) is 3.11. The van der Waals surface area contributed by atoms with Crippen LogP contribution in [0.25, 0.3) is 87.8 Å². The second-order valence-electron chi connectivity index (χ2n) is 11.2. The summed E-state index contributed by atoms with van der Waals surface area (Å²) in [5.74, 6) is 0. The van der Waals surface area contributed by atoms with E-state index in [-0.39, 0.29) is 0 Å². The minimum absolute atomic E-state index is 0.931. The molecule has 0 unspecified atom stereocenters. The Bertz CT molecular complexity index is 2530. The Morgan fingerprint density at radius 2 is 1.11 bits per heavy atom. The van der Waals surface area contributed by atoms with Gasteiger partial charge in [0.2, 0.25) is 0 Å². The van der Waals surface area contributed by atoms with E-state index >= 15 is 0 Å². The lowest BCUT2D eigenvalue weighted by Crippen LogP contribution is -1.91. The number of para-hydroxylation sites is 1. The van der Waals surface area contributed by atoms with Gasteiger partial charge in [-0.3, -0.25) is 9.97 Å². The van der Waals surface area contributed by atoms with Crippen molar-refractivity contribution in [2.75, 3.05) is 0 Å². The summed E-state index contributed by atoms with van der Waals surface area (Å²) < 4.78 is 0. The van der Waals surface area contributed by atoms with Gasteiger partial charge in [0.1, 0.15) is 0 Å². The lowest BCUT2D eigenvalue weighted by atomic mass is 9.93. The molecule has 44 heavy (non-hydrogen) atoms. The van der Waals surface area contributed by atoms with Gasteiger partial charge in [0.25, 0.3) is 0 Å². The number of fused-ring (bicyclic) bond motifs is 8. The largest absolute Gasteiger partial charge is 0.254 e. The molecule has 0 fully saturated rings. The molecular weight excluding hydrogens is 534 g/mol. The van der Waals surface area contributed by atoms with Crippen LogP contribution in [-0.4, -0.2) is 15.0 Å². The molecule has 3 heterocycles. The first-order chi connectivity index (χ1) is 21.8. The van der Waals surface area contributed by atoms with Crippen LogP contribution >= 0.6 is 0 Å². The van der Waals surface area contributed by atoms with Gasteiger partial charge in [0.15, 0.2) is 0 Å². The van der Waals surface area contributed by atoms with Crippen molar-refractivity contribution in [3.8, 4) is 33.5 Å². The summed E-state index contributed by atoms with van der Waals surface area (Å²) in [7, 11) is 0. The fourth-order valence-corrected chi connectivity index (χ4v) is 6.64. The highest BCUT2D eigenvalue weighted by molar-refractivity contribution is 6.22. The Kier molecular flexibility index (Phi) is 5.50. The molecule has 9 rings (SSSR count). The fraction of sp³-hybridized carbons (Fsp3) is 0. The van der Waals surface area contributed by atoms with Gasteiger partial charge in [-0.25, -0.2) is 4.98 Å². The van der Waals surface area contributed by atoms with Crippen molar-refractivity contribution in [3.63, 3.8) is 0 Å². The predicted molar refractivity (Wildman–Crippen MR) is 184 cm³/mol. The monoisotopic (exact) mass is 559 g/mol. The van der Waals surface area contributed by atoms with Crippen LogP contribution in [0, 0.1) is 0 Å². The molecule has 0 aliphatic carbocycles. The SMILES string of the molecule is c1cc(-c2ccc(-c3ccnc4c3ccc3cccnc34)cc2)cc(-c2nc3ccccc3c3c2ccc2ccccc23)c1. The molecule has 0 aliphatic rings. The summed E-state index contributed by atoms with van der Waals surface area (Å²) in [6.07, 6.45) is 3.71. The van der Waals surface area contributed by atoms with Gasteiger partial charge in [-0.1, -0.05) is 115 Å². The van der Waals surface area contributed by atoms with Crippen LogP contribution in [-0.2, 0) is 0 Å². The van der Waals surface area contributed by atoms with E-state index in [0.717, 1.165) is 60.8 Å². The van der Waals surface area contributed by atoms with Gasteiger partial charge in [-0.2, -0.15) is 0 Å². The summed E-state index contributed by atoms with van der Waals surface area (Å²) in [4.78, 5) is 14.5. The molecule has 3 heteroatoms. The van der Waals surface area contributed by atoms with E-state index in [4.69, 9.17) is 4.98 Å². The van der Waals surface area contributed by atoms with Crippen molar-refractivity contribution in [2.45, 2.75) is 0 Å². The Balaban J connectivity index is 1.16. The van der Waals surface area contributed by atoms with Crippen molar-refractivity contribution in [1.82, 2.24) is 15.0 Å². The van der Waals surface area contributed by atoms with Crippen LogP contribution in [0.2, 0.25) is 0 Å². The van der Waals surface area contributed by atoms with E-state index < -0.39 is 0 Å². The first-order valence-corrected chi connectivity index (χ1v) is 14.9. The second kappa shape index (κ2) is 9.82. The molecule has 9 aromatic rings. The van der Waals surface area contributed by atoms with Gasteiger partial charge in [-0.05, 0) is 57.3 Å². The number of hydrogen-bond donors (Lipinski definition) is 0. The predicted octanol–water partition coefficient (Wildman–Crippen LogP) is 10.6. The van der Waals surface area contributed by atoms with Crippen LogP contribution in [0.4, 0.5) is 0 Å². The highest BCUT2D eigenvalue weighted by atomic mass is 14.7. The Labute approximate surface area is 254 Å². The number of benzene rings is 6. The second-order valence-corrected chi connectivity index (χ2v) is 11.2. The summed E-state index contributed by atoms with van der Waals surface area (Å²) >= 11 is 0. The van der Waals surface area contributed by atoms with Gasteiger partial charge >= 0.3 is 0 Å². The minimum Gasteiger partial charge on any atom is -0.254 e. The van der Waals surface area contributed by atoms with E-state index in [1.165, 1.54) is 26.9 Å². The van der Waals surface area contributed by atoms with Crippen LogP contribution < -0.4 is 0 Å². The molecule has 0 spiro atoms. The maximum Gasteiger partial charge on any atom is 0.0970 e. The van der Waals surface area contributed by atoms with Crippen LogP contribution in [0.1, 0.15) is 0 Å². The lowest BCUT2D eigenvalue weighted by Gasteiger charge is -2.14. The minimum atomic E-state index is 0.931. The lowest BCUT2D eigenvalue weighted by molar-refractivity contribution is 1.37. The van der Waals surface area contributed by atoms with E-state index in [0.29, 0.717) is 0 Å². The molecule has 3 nitrogen and oxygen atoms in total. The van der Waals surface area contributed by atoms with E-state index in [1.54, 1.807) is 0 Å². The molecular formula is C41H25N3. The zero-order valence-corrected chi connectivity index (χ0v) is 23.8. The molecule has 3 aromatic heterocycles. The van der Waals surface area contributed by atoms with Crippen molar-refractivity contribution in [3.05, 3.63) is 152 Å². The van der Waals surface area contributed by atoms with E-state index in [9.17, 15) is 0 Å². The number of hydrogen-bond acceptors (Lipinski definition) is 3. The number of aromatic nitrogens is 3. The number of nitrogens with zero attached hydrogens (tertiary/aromatic N) is 3. The molecule has 0 bridgehead atoms. The maximum atomic E-state index is 5.21. The molecule has 6 aromatic carbocycles. The Morgan fingerprint density at radius 3 is 2.05 bits per heavy atom. The van der Waals surface area contributed by atoms with Crippen molar-refractivity contribution in [1.29, 1.82) is 0 Å². The van der Waals surface area contributed by atoms with Gasteiger partial charge < -0.3 is 0 Å². The van der Waals surface area contributed by atoms with Crippen LogP contribution in [0.15, 0.2) is 152 Å². The molecule has 0 saturated carbocycles. The quantitative estimate of drug-likeness (QED) is 0.202. The number of pyridine rings is 3. The third-order valence-corrected chi connectivity index (χ3v) is 8.74. The van der Waals surface area contributed by atoms with Gasteiger partial charge in [0.05, 0.1) is 22.2 Å². The summed E-state index contributed by atoms with van der Waals surface area (Å²) in [6.45, 7) is 0. The highest BCUT2D eigenvalue weighted by Gasteiger charge is 2.14. The molecule has 0 N–H and O–H groups in total. The van der Waals surface area contributed by atoms with Crippen LogP contribution in [0.3, 0.4) is 0 Å². The molecule has 0 aliphatic heterocycles. The normalized spacial score (nSPS) is 11.6. The highest BCUT2D eigenvalue weighted by Crippen LogP contribution is 2.38. The summed E-state index contributed by atoms with van der Waals surface area (Å²) in [5, 5.41) is 8.30. The molecule has 0 atom stereocenters. The standard InChI is InChI=1S/C41H25N3/c1-2-11-33-27(7-1)18-21-36-38(33)35-12-3-4-13-37(35)44-39(36)31-9-5-8-30(25-31)26-14-16-28(17-15-26)32-22-24-43-41-34(32)20-19-29-10-6-23-42-40(29)41/h1-25H. The third-order valence-electron chi connectivity index (χ3n) is 8.74.